The summed E-state index contributed by atoms with van der Waals surface area (Å²) in [4.78, 5) is 0. The van der Waals surface area contributed by atoms with Crippen molar-refractivity contribution in [3.8, 4) is 0 Å². The summed E-state index contributed by atoms with van der Waals surface area (Å²) < 4.78 is 1.15. The van der Waals surface area contributed by atoms with Gasteiger partial charge in [0.1, 0.15) is 0 Å². The lowest BCUT2D eigenvalue weighted by molar-refractivity contribution is 0.283. The number of rotatable bonds is 6. The first-order valence-corrected chi connectivity index (χ1v) is 6.14. The largest absolute Gasteiger partial charge is 0.396 e. The maximum atomic E-state index is 8.62. The molecule has 0 radical (unpaired) electrons. The Morgan fingerprint density at radius 1 is 1.27 bits per heavy atom. The number of aryl methyl sites for hydroxylation is 1. The lowest BCUT2D eigenvalue weighted by Crippen LogP contribution is -2.01. The molecule has 1 aromatic carbocycles. The molecule has 0 saturated carbocycles. The van der Waals surface area contributed by atoms with Gasteiger partial charge in [0.2, 0.25) is 0 Å². The normalized spacial score (nSPS) is 10.3. The van der Waals surface area contributed by atoms with Crippen LogP contribution in [-0.2, 0) is 0 Å². The van der Waals surface area contributed by atoms with Crippen molar-refractivity contribution in [1.29, 1.82) is 0 Å². The first-order valence-electron chi connectivity index (χ1n) is 5.35. The molecule has 0 atom stereocenters. The second kappa shape index (κ2) is 6.85. The van der Waals surface area contributed by atoms with E-state index in [4.69, 9.17) is 5.11 Å². The van der Waals surface area contributed by atoms with Crippen LogP contribution < -0.4 is 5.32 Å². The van der Waals surface area contributed by atoms with Crippen molar-refractivity contribution < 1.29 is 5.11 Å². The van der Waals surface area contributed by atoms with Gasteiger partial charge >= 0.3 is 0 Å². The Bertz CT molecular complexity index is 302. The van der Waals surface area contributed by atoms with Crippen LogP contribution in [0.25, 0.3) is 0 Å². The average molecular weight is 272 g/mol. The van der Waals surface area contributed by atoms with Crippen molar-refractivity contribution in [3.63, 3.8) is 0 Å². The van der Waals surface area contributed by atoms with Crippen molar-refractivity contribution in [2.24, 2.45) is 0 Å². The van der Waals surface area contributed by atoms with E-state index in [1.807, 2.05) is 0 Å². The smallest absolute Gasteiger partial charge is 0.0431 e. The van der Waals surface area contributed by atoms with Gasteiger partial charge in [-0.15, -0.1) is 0 Å². The monoisotopic (exact) mass is 271 g/mol. The van der Waals surface area contributed by atoms with E-state index in [0.717, 1.165) is 30.3 Å². The van der Waals surface area contributed by atoms with E-state index in [-0.39, 0.29) is 0 Å². The highest BCUT2D eigenvalue weighted by atomic mass is 79.9. The quantitative estimate of drug-likeness (QED) is 0.778. The standard InChI is InChI=1S/C12H18BrNO/c1-10-9-11(5-6-12(10)13)14-7-3-2-4-8-15/h5-6,9,14-15H,2-4,7-8H2,1H3. The third-order valence-electron chi connectivity index (χ3n) is 2.32. The van der Waals surface area contributed by atoms with Gasteiger partial charge in [0.15, 0.2) is 0 Å². The minimum atomic E-state index is 0.303. The Labute approximate surface area is 99.8 Å². The zero-order valence-corrected chi connectivity index (χ0v) is 10.7. The highest BCUT2D eigenvalue weighted by Crippen LogP contribution is 2.19. The van der Waals surface area contributed by atoms with Gasteiger partial charge in [0.05, 0.1) is 0 Å². The van der Waals surface area contributed by atoms with E-state index in [1.54, 1.807) is 0 Å². The van der Waals surface area contributed by atoms with Crippen LogP contribution in [0.5, 0.6) is 0 Å². The topological polar surface area (TPSA) is 32.3 Å². The van der Waals surface area contributed by atoms with Gasteiger partial charge in [-0.3, -0.25) is 0 Å². The van der Waals surface area contributed by atoms with Gasteiger partial charge in [0.25, 0.3) is 0 Å². The van der Waals surface area contributed by atoms with Crippen molar-refractivity contribution in [2.45, 2.75) is 26.2 Å². The van der Waals surface area contributed by atoms with Gasteiger partial charge < -0.3 is 10.4 Å². The van der Waals surface area contributed by atoms with E-state index in [2.05, 4.69) is 46.4 Å². The minimum Gasteiger partial charge on any atom is -0.396 e. The predicted octanol–water partition coefficient (Wildman–Crippen LogP) is 3.33. The zero-order chi connectivity index (χ0) is 11.1. The first-order chi connectivity index (χ1) is 7.24. The summed E-state index contributed by atoms with van der Waals surface area (Å²) in [5.41, 5.74) is 2.41. The number of benzene rings is 1. The Morgan fingerprint density at radius 2 is 2.07 bits per heavy atom. The molecule has 0 aromatic heterocycles. The molecule has 0 aliphatic heterocycles. The van der Waals surface area contributed by atoms with E-state index < -0.39 is 0 Å². The van der Waals surface area contributed by atoms with Crippen LogP contribution in [0, 0.1) is 6.92 Å². The molecule has 3 heteroatoms. The van der Waals surface area contributed by atoms with Crippen LogP contribution in [0.15, 0.2) is 22.7 Å². The summed E-state index contributed by atoms with van der Waals surface area (Å²) in [5, 5.41) is 12.0. The molecular formula is C12H18BrNO. The van der Waals surface area contributed by atoms with Crippen LogP contribution in [0.4, 0.5) is 5.69 Å². The maximum Gasteiger partial charge on any atom is 0.0431 e. The molecule has 2 nitrogen and oxygen atoms in total. The number of hydrogen-bond donors (Lipinski definition) is 2. The molecule has 0 amide bonds. The highest BCUT2D eigenvalue weighted by molar-refractivity contribution is 9.10. The highest BCUT2D eigenvalue weighted by Gasteiger charge is 1.96. The fourth-order valence-electron chi connectivity index (χ4n) is 1.40. The van der Waals surface area contributed by atoms with Gasteiger partial charge in [-0.2, -0.15) is 0 Å². The van der Waals surface area contributed by atoms with Crippen molar-refractivity contribution in [2.75, 3.05) is 18.5 Å². The fourth-order valence-corrected chi connectivity index (χ4v) is 1.65. The third kappa shape index (κ3) is 4.67. The molecule has 0 aliphatic rings. The van der Waals surface area contributed by atoms with Gasteiger partial charge in [-0.25, -0.2) is 0 Å². The summed E-state index contributed by atoms with van der Waals surface area (Å²) in [6.45, 7) is 3.36. The molecular weight excluding hydrogens is 254 g/mol. The third-order valence-corrected chi connectivity index (χ3v) is 3.21. The van der Waals surface area contributed by atoms with Crippen molar-refractivity contribution in [3.05, 3.63) is 28.2 Å². The first kappa shape index (κ1) is 12.5. The van der Waals surface area contributed by atoms with E-state index >= 15 is 0 Å². The molecule has 0 spiro atoms. The molecule has 2 N–H and O–H groups in total. The van der Waals surface area contributed by atoms with Gasteiger partial charge in [-0.05, 0) is 49.9 Å². The molecule has 0 bridgehead atoms. The Balaban J connectivity index is 2.28. The summed E-state index contributed by atoms with van der Waals surface area (Å²) in [7, 11) is 0. The molecule has 1 rings (SSSR count). The Hall–Kier alpha value is -0.540. The van der Waals surface area contributed by atoms with Crippen molar-refractivity contribution >= 4 is 21.6 Å². The Kier molecular flexibility index (Phi) is 5.73. The van der Waals surface area contributed by atoms with Crippen LogP contribution in [0.1, 0.15) is 24.8 Å². The molecule has 0 saturated heterocycles. The number of unbranched alkanes of at least 4 members (excludes halogenated alkanes) is 2. The number of hydrogen-bond acceptors (Lipinski definition) is 2. The molecule has 1 aromatic rings. The number of nitrogens with one attached hydrogen (secondary N) is 1. The zero-order valence-electron chi connectivity index (χ0n) is 9.09. The number of halogens is 1. The second-order valence-corrected chi connectivity index (χ2v) is 4.53. The molecule has 0 aliphatic carbocycles. The lowest BCUT2D eigenvalue weighted by atomic mass is 10.2. The lowest BCUT2D eigenvalue weighted by Gasteiger charge is -2.07. The van der Waals surface area contributed by atoms with Crippen LogP contribution in [0.2, 0.25) is 0 Å². The molecule has 0 unspecified atom stereocenters. The number of anilines is 1. The van der Waals surface area contributed by atoms with Crippen molar-refractivity contribution in [1.82, 2.24) is 0 Å². The fraction of sp³-hybridized carbons (Fsp3) is 0.500. The summed E-state index contributed by atoms with van der Waals surface area (Å²) >= 11 is 3.48. The maximum absolute atomic E-state index is 8.62. The van der Waals surface area contributed by atoms with E-state index in [9.17, 15) is 0 Å². The number of aliphatic hydroxyl groups excluding tert-OH is 1. The van der Waals surface area contributed by atoms with Gasteiger partial charge in [-0.1, -0.05) is 15.9 Å². The molecule has 0 heterocycles. The minimum absolute atomic E-state index is 0.303. The molecule has 84 valence electrons. The molecule has 15 heavy (non-hydrogen) atoms. The van der Waals surface area contributed by atoms with Gasteiger partial charge in [0, 0.05) is 23.3 Å². The number of aliphatic hydroxyl groups is 1. The second-order valence-electron chi connectivity index (χ2n) is 3.68. The molecule has 0 fully saturated rings. The Morgan fingerprint density at radius 3 is 2.73 bits per heavy atom. The predicted molar refractivity (Wildman–Crippen MR) is 68.3 cm³/mol. The van der Waals surface area contributed by atoms with E-state index in [1.165, 1.54) is 11.3 Å². The SMILES string of the molecule is Cc1cc(NCCCCCO)ccc1Br. The summed E-state index contributed by atoms with van der Waals surface area (Å²) in [5.74, 6) is 0. The average Bonchev–Trinajstić information content (AvgIpc) is 2.23. The van der Waals surface area contributed by atoms with Crippen LogP contribution in [-0.4, -0.2) is 18.3 Å². The summed E-state index contributed by atoms with van der Waals surface area (Å²) in [6.07, 6.45) is 3.09. The van der Waals surface area contributed by atoms with Crippen LogP contribution >= 0.6 is 15.9 Å². The van der Waals surface area contributed by atoms with E-state index in [0.29, 0.717) is 6.61 Å². The van der Waals surface area contributed by atoms with Crippen LogP contribution in [0.3, 0.4) is 0 Å². The summed E-state index contributed by atoms with van der Waals surface area (Å²) in [6, 6.07) is 6.27.